The van der Waals surface area contributed by atoms with Crippen molar-refractivity contribution in [2.75, 3.05) is 11.5 Å². The Kier molecular flexibility index (Phi) is 3.80. The van der Waals surface area contributed by atoms with Gasteiger partial charge in [0.15, 0.2) is 5.82 Å². The fourth-order valence-electron chi connectivity index (χ4n) is 1.56. The van der Waals surface area contributed by atoms with Crippen molar-refractivity contribution in [2.45, 2.75) is 15.0 Å². The van der Waals surface area contributed by atoms with Gasteiger partial charge in [-0.3, -0.25) is 0 Å². The molecule has 2 heterocycles. The lowest BCUT2D eigenvalue weighted by Crippen LogP contribution is -2.06. The Bertz CT molecular complexity index is 504. The van der Waals surface area contributed by atoms with Crippen molar-refractivity contribution in [3.05, 3.63) is 24.0 Å². The van der Waals surface area contributed by atoms with E-state index in [1.807, 2.05) is 12.1 Å². The highest BCUT2D eigenvalue weighted by atomic mass is 35.5. The summed E-state index contributed by atoms with van der Waals surface area (Å²) in [7, 11) is 0. The molecule has 0 spiro atoms. The van der Waals surface area contributed by atoms with Crippen LogP contribution < -0.4 is 5.73 Å². The van der Waals surface area contributed by atoms with Gasteiger partial charge in [-0.2, -0.15) is 5.21 Å². The molecule has 0 aliphatic carbocycles. The summed E-state index contributed by atoms with van der Waals surface area (Å²) in [6, 6.07) is 5.98. The molecule has 5 nitrogen and oxygen atoms in total. The number of rotatable bonds is 1. The largest absolute Gasteiger partial charge is 0.398 e. The molecule has 0 radical (unpaired) electrons. The number of tetrazole rings is 1. The van der Waals surface area contributed by atoms with Gasteiger partial charge in [-0.05, 0) is 12.1 Å². The number of H-pyrrole nitrogens is 1. The summed E-state index contributed by atoms with van der Waals surface area (Å²) < 4.78 is 0. The summed E-state index contributed by atoms with van der Waals surface area (Å²) >= 11 is 3.50. The number of nitrogens with zero attached hydrogens (tertiary/aromatic N) is 3. The molecule has 3 N–H and O–H groups in total. The summed E-state index contributed by atoms with van der Waals surface area (Å²) in [4.78, 5) is 2.37. The van der Waals surface area contributed by atoms with Crippen LogP contribution in [0.25, 0.3) is 0 Å². The zero-order chi connectivity index (χ0) is 11.0. The number of nitrogens with one attached hydrogen (secondary N) is 1. The first kappa shape index (κ1) is 12.5. The Morgan fingerprint density at radius 3 is 3.06 bits per heavy atom. The number of halogens is 1. The van der Waals surface area contributed by atoms with Gasteiger partial charge in [-0.25, -0.2) is 0 Å². The maximum atomic E-state index is 5.92. The molecule has 90 valence electrons. The molecule has 1 unspecified atom stereocenters. The molecule has 8 heteroatoms. The summed E-state index contributed by atoms with van der Waals surface area (Å²) in [5.74, 6) is 1.68. The Hall–Kier alpha value is -0.920. The highest BCUT2D eigenvalue weighted by Crippen LogP contribution is 2.48. The van der Waals surface area contributed by atoms with Gasteiger partial charge in [-0.1, -0.05) is 11.3 Å². The normalized spacial score (nSPS) is 18.2. The van der Waals surface area contributed by atoms with Crippen molar-refractivity contribution in [2.24, 2.45) is 0 Å². The van der Waals surface area contributed by atoms with Gasteiger partial charge < -0.3 is 5.73 Å². The van der Waals surface area contributed by atoms with Crippen molar-refractivity contribution in [3.63, 3.8) is 0 Å². The van der Waals surface area contributed by atoms with Crippen LogP contribution in [-0.4, -0.2) is 26.4 Å². The molecule has 17 heavy (non-hydrogen) atoms. The highest BCUT2D eigenvalue weighted by Gasteiger charge is 2.25. The molecule has 0 bridgehead atoms. The Morgan fingerprint density at radius 1 is 1.41 bits per heavy atom. The van der Waals surface area contributed by atoms with Gasteiger partial charge in [0.25, 0.3) is 0 Å². The number of thioether (sulfide) groups is 2. The first-order valence-electron chi connectivity index (χ1n) is 4.76. The summed E-state index contributed by atoms with van der Waals surface area (Å²) in [6.45, 7) is 0. The molecule has 1 aliphatic rings. The van der Waals surface area contributed by atoms with Crippen LogP contribution in [0.1, 0.15) is 11.1 Å². The number of nitrogen functional groups attached to an aromatic ring is 1. The van der Waals surface area contributed by atoms with Crippen LogP contribution in [0.3, 0.4) is 0 Å². The smallest absolute Gasteiger partial charge is 0.188 e. The summed E-state index contributed by atoms with van der Waals surface area (Å²) in [5, 5.41) is 14.4. The van der Waals surface area contributed by atoms with Crippen LogP contribution >= 0.6 is 35.9 Å². The van der Waals surface area contributed by atoms with Crippen LogP contribution in [0.15, 0.2) is 28.0 Å². The average molecular weight is 288 g/mol. The van der Waals surface area contributed by atoms with E-state index in [-0.39, 0.29) is 17.7 Å². The summed E-state index contributed by atoms with van der Waals surface area (Å²) in [6.07, 6.45) is 0. The minimum absolute atomic E-state index is 0. The zero-order valence-electron chi connectivity index (χ0n) is 8.66. The second-order valence-corrected chi connectivity index (χ2v) is 5.64. The SMILES string of the molecule is Cl.Nc1cccc2c1SCC(c1nn[nH]n1)S2. The first-order valence-corrected chi connectivity index (χ1v) is 6.62. The molecular formula is C9H10ClN5S2. The van der Waals surface area contributed by atoms with Crippen LogP contribution in [0.5, 0.6) is 0 Å². The van der Waals surface area contributed by atoms with Crippen molar-refractivity contribution in [3.8, 4) is 0 Å². The van der Waals surface area contributed by atoms with Crippen molar-refractivity contribution in [1.82, 2.24) is 20.6 Å². The molecule has 3 rings (SSSR count). The lowest BCUT2D eigenvalue weighted by atomic mass is 10.3. The second-order valence-electron chi connectivity index (χ2n) is 3.36. The van der Waals surface area contributed by atoms with E-state index in [1.54, 1.807) is 23.5 Å². The standard InChI is InChI=1S/C9H9N5S2.ClH/c10-5-2-1-3-6-8(5)15-4-7(16-6)9-11-13-14-12-9;/h1-3,7H,4,10H2,(H,11,12,13,14);1H. The van der Waals surface area contributed by atoms with Crippen LogP contribution in [-0.2, 0) is 0 Å². The van der Waals surface area contributed by atoms with Crippen molar-refractivity contribution >= 4 is 41.6 Å². The second kappa shape index (κ2) is 5.16. The summed E-state index contributed by atoms with van der Waals surface area (Å²) in [5.41, 5.74) is 6.77. The van der Waals surface area contributed by atoms with Crippen molar-refractivity contribution in [1.29, 1.82) is 0 Å². The number of nitrogens with two attached hydrogens (primary N) is 1. The fourth-order valence-corrected chi connectivity index (χ4v) is 4.16. The van der Waals surface area contributed by atoms with E-state index in [0.717, 1.165) is 17.3 Å². The van der Waals surface area contributed by atoms with E-state index in [2.05, 4.69) is 26.7 Å². The lowest BCUT2D eigenvalue weighted by molar-refractivity contribution is 0.881. The third-order valence-corrected chi connectivity index (χ3v) is 5.15. The van der Waals surface area contributed by atoms with Crippen LogP contribution in [0, 0.1) is 0 Å². The van der Waals surface area contributed by atoms with Crippen LogP contribution in [0.4, 0.5) is 5.69 Å². The zero-order valence-corrected chi connectivity index (χ0v) is 11.1. The maximum Gasteiger partial charge on any atom is 0.188 e. The van der Waals surface area contributed by atoms with E-state index in [4.69, 9.17) is 5.73 Å². The van der Waals surface area contributed by atoms with Gasteiger partial charge in [0, 0.05) is 21.2 Å². The van der Waals surface area contributed by atoms with E-state index >= 15 is 0 Å². The van der Waals surface area contributed by atoms with E-state index in [0.29, 0.717) is 0 Å². The molecule has 0 saturated heterocycles. The molecule has 0 saturated carbocycles. The van der Waals surface area contributed by atoms with Crippen LogP contribution in [0.2, 0.25) is 0 Å². The number of hydrogen-bond donors (Lipinski definition) is 2. The average Bonchev–Trinajstić information content (AvgIpc) is 2.82. The van der Waals surface area contributed by atoms with E-state index in [9.17, 15) is 0 Å². The number of benzene rings is 1. The molecule has 1 aromatic heterocycles. The molecule has 0 fully saturated rings. The monoisotopic (exact) mass is 287 g/mol. The Morgan fingerprint density at radius 2 is 2.29 bits per heavy atom. The Balaban J connectivity index is 0.00000108. The minimum atomic E-state index is 0. The minimum Gasteiger partial charge on any atom is -0.398 e. The van der Waals surface area contributed by atoms with Gasteiger partial charge in [0.1, 0.15) is 0 Å². The number of anilines is 1. The third-order valence-electron chi connectivity index (χ3n) is 2.31. The topological polar surface area (TPSA) is 80.5 Å². The number of aromatic nitrogens is 4. The highest BCUT2D eigenvalue weighted by molar-refractivity contribution is 8.06. The molecule has 1 aromatic carbocycles. The van der Waals surface area contributed by atoms with Crippen molar-refractivity contribution < 1.29 is 0 Å². The van der Waals surface area contributed by atoms with Gasteiger partial charge in [-0.15, -0.1) is 46.1 Å². The van der Waals surface area contributed by atoms with E-state index < -0.39 is 0 Å². The molecule has 1 atom stereocenters. The maximum absolute atomic E-state index is 5.92. The first-order chi connectivity index (χ1) is 7.84. The van der Waals surface area contributed by atoms with Gasteiger partial charge in [0.05, 0.1) is 5.25 Å². The van der Waals surface area contributed by atoms with Gasteiger partial charge in [0.2, 0.25) is 0 Å². The number of aromatic amines is 1. The van der Waals surface area contributed by atoms with Gasteiger partial charge >= 0.3 is 0 Å². The molecule has 1 aliphatic heterocycles. The quantitative estimate of drug-likeness (QED) is 0.782. The molecule has 2 aromatic rings. The third kappa shape index (κ3) is 2.36. The predicted octanol–water partition coefficient (Wildman–Crippen LogP) is 2.14. The predicted molar refractivity (Wildman–Crippen MR) is 71.6 cm³/mol. The lowest BCUT2D eigenvalue weighted by Gasteiger charge is -2.21. The number of fused-ring (bicyclic) bond motifs is 1. The fraction of sp³-hybridized carbons (Fsp3) is 0.222. The number of hydrogen-bond acceptors (Lipinski definition) is 6. The Labute approximate surface area is 113 Å². The molecule has 0 amide bonds. The molecular weight excluding hydrogens is 278 g/mol. The van der Waals surface area contributed by atoms with E-state index in [1.165, 1.54) is 9.79 Å².